The molecule has 7 heteroatoms. The van der Waals surface area contributed by atoms with Gasteiger partial charge in [-0.3, -0.25) is 24.6 Å². The van der Waals surface area contributed by atoms with Crippen LogP contribution in [0.15, 0.2) is 30.3 Å². The highest BCUT2D eigenvalue weighted by Crippen LogP contribution is 2.33. The number of nitrogens with zero attached hydrogens (tertiary/aromatic N) is 2. The van der Waals surface area contributed by atoms with Crippen LogP contribution in [0.5, 0.6) is 0 Å². The molecule has 2 amide bonds. The number of non-ortho nitro benzene ring substituents is 1. The topological polar surface area (TPSA) is 107 Å². The van der Waals surface area contributed by atoms with Gasteiger partial charge in [0.05, 0.1) is 10.5 Å². The van der Waals surface area contributed by atoms with Crippen LogP contribution in [-0.2, 0) is 0 Å². The minimum Gasteiger partial charge on any atom is -0.324 e. The fraction of sp³-hybridized carbons (Fsp3) is 0.250. The first-order chi connectivity index (χ1) is 10.7. The fourth-order valence-corrected chi connectivity index (χ4v) is 2.80. The number of carbonyl (C=O) groups is 2. The second-order valence-electron chi connectivity index (χ2n) is 6.34. The van der Waals surface area contributed by atoms with E-state index in [1.807, 2.05) is 0 Å². The van der Waals surface area contributed by atoms with Crippen molar-refractivity contribution in [3.05, 3.63) is 51.6 Å². The van der Waals surface area contributed by atoms with E-state index in [4.69, 9.17) is 5.73 Å². The van der Waals surface area contributed by atoms with Gasteiger partial charge < -0.3 is 5.73 Å². The van der Waals surface area contributed by atoms with Gasteiger partial charge in [-0.1, -0.05) is 12.1 Å². The molecule has 0 bridgehead atoms. The van der Waals surface area contributed by atoms with Crippen LogP contribution >= 0.6 is 0 Å². The van der Waals surface area contributed by atoms with E-state index in [9.17, 15) is 19.7 Å². The molecular formula is C16H15N3O4. The van der Waals surface area contributed by atoms with Crippen molar-refractivity contribution in [1.82, 2.24) is 4.90 Å². The molecule has 0 aromatic heterocycles. The lowest BCUT2D eigenvalue weighted by atomic mass is 9.92. The monoisotopic (exact) mass is 313 g/mol. The van der Waals surface area contributed by atoms with Crippen molar-refractivity contribution in [2.24, 2.45) is 5.73 Å². The Balaban J connectivity index is 2.27. The molecule has 118 valence electrons. The molecule has 0 atom stereocenters. The summed E-state index contributed by atoms with van der Waals surface area (Å²) in [5, 5.41) is 12.0. The lowest BCUT2D eigenvalue weighted by Gasteiger charge is -2.32. The van der Waals surface area contributed by atoms with Gasteiger partial charge in [-0.2, -0.15) is 0 Å². The van der Waals surface area contributed by atoms with E-state index < -0.39 is 22.3 Å². The number of nitro groups is 1. The summed E-state index contributed by atoms with van der Waals surface area (Å²) < 4.78 is 0. The van der Waals surface area contributed by atoms with E-state index in [-0.39, 0.29) is 17.8 Å². The third-order valence-corrected chi connectivity index (χ3v) is 3.69. The zero-order valence-corrected chi connectivity index (χ0v) is 12.7. The first-order valence-corrected chi connectivity index (χ1v) is 7.05. The predicted octanol–water partition coefficient (Wildman–Crippen LogP) is 2.08. The molecule has 3 rings (SSSR count). The second kappa shape index (κ2) is 4.85. The molecular weight excluding hydrogens is 298 g/mol. The van der Waals surface area contributed by atoms with E-state index in [0.29, 0.717) is 16.3 Å². The van der Waals surface area contributed by atoms with E-state index >= 15 is 0 Å². The van der Waals surface area contributed by atoms with E-state index in [1.165, 1.54) is 12.1 Å². The van der Waals surface area contributed by atoms with Gasteiger partial charge >= 0.3 is 0 Å². The standard InChI is InChI=1S/C16H15N3O4/c1-16(2,17)8-18-14(20)11-5-3-4-9-6-10(19(22)23)7-12(13(9)11)15(18)21/h3-7H,8,17H2,1-2H3. The van der Waals surface area contributed by atoms with Crippen molar-refractivity contribution in [3.63, 3.8) is 0 Å². The van der Waals surface area contributed by atoms with Crippen LogP contribution in [0.25, 0.3) is 10.8 Å². The van der Waals surface area contributed by atoms with Crippen LogP contribution in [0.3, 0.4) is 0 Å². The number of imide groups is 1. The smallest absolute Gasteiger partial charge is 0.270 e. The molecule has 23 heavy (non-hydrogen) atoms. The molecule has 0 aliphatic carbocycles. The Hall–Kier alpha value is -2.80. The lowest BCUT2D eigenvalue weighted by Crippen LogP contribution is -2.51. The van der Waals surface area contributed by atoms with Crippen molar-refractivity contribution < 1.29 is 14.5 Å². The molecule has 0 fully saturated rings. The summed E-state index contributed by atoms with van der Waals surface area (Å²) in [5.41, 5.74) is 5.50. The zero-order chi connectivity index (χ0) is 16.9. The van der Waals surface area contributed by atoms with Crippen molar-refractivity contribution in [3.8, 4) is 0 Å². The van der Waals surface area contributed by atoms with Crippen molar-refractivity contribution in [1.29, 1.82) is 0 Å². The summed E-state index contributed by atoms with van der Waals surface area (Å²) in [4.78, 5) is 36.9. The number of nitrogens with two attached hydrogens (primary N) is 1. The van der Waals surface area contributed by atoms with Gasteiger partial charge in [-0.15, -0.1) is 0 Å². The fourth-order valence-electron chi connectivity index (χ4n) is 2.80. The molecule has 0 spiro atoms. The van der Waals surface area contributed by atoms with Crippen molar-refractivity contribution >= 4 is 28.3 Å². The first-order valence-electron chi connectivity index (χ1n) is 7.05. The predicted molar refractivity (Wildman–Crippen MR) is 84.2 cm³/mol. The molecule has 0 saturated heterocycles. The van der Waals surface area contributed by atoms with Gasteiger partial charge in [0.2, 0.25) is 0 Å². The third kappa shape index (κ3) is 2.44. The summed E-state index contributed by atoms with van der Waals surface area (Å²) in [5.74, 6) is -0.985. The normalized spacial score (nSPS) is 14.5. The number of amides is 2. The molecule has 1 aliphatic rings. The van der Waals surface area contributed by atoms with Crippen molar-refractivity contribution in [2.45, 2.75) is 19.4 Å². The van der Waals surface area contributed by atoms with Crippen LogP contribution in [0, 0.1) is 10.1 Å². The Morgan fingerprint density at radius 2 is 1.83 bits per heavy atom. The SMILES string of the molecule is CC(C)(N)CN1C(=O)c2cccc3cc([N+](=O)[O-])cc(c23)C1=O. The van der Waals surface area contributed by atoms with Gasteiger partial charge in [0.15, 0.2) is 0 Å². The highest BCUT2D eigenvalue weighted by Gasteiger charge is 2.36. The molecule has 0 unspecified atom stereocenters. The quantitative estimate of drug-likeness (QED) is 0.530. The molecule has 1 aliphatic heterocycles. The highest BCUT2D eigenvalue weighted by atomic mass is 16.6. The van der Waals surface area contributed by atoms with Crippen LogP contribution in [-0.4, -0.2) is 33.7 Å². The minimum atomic E-state index is -0.766. The summed E-state index contributed by atoms with van der Waals surface area (Å²) in [7, 11) is 0. The molecule has 2 aromatic rings. The number of hydrogen-bond donors (Lipinski definition) is 1. The number of rotatable bonds is 3. The van der Waals surface area contributed by atoms with Crippen molar-refractivity contribution in [2.75, 3.05) is 6.54 Å². The Morgan fingerprint density at radius 3 is 2.43 bits per heavy atom. The van der Waals surface area contributed by atoms with Gasteiger partial charge in [-0.25, -0.2) is 0 Å². The second-order valence-corrected chi connectivity index (χ2v) is 6.34. The molecule has 2 aromatic carbocycles. The Morgan fingerprint density at radius 1 is 1.17 bits per heavy atom. The van der Waals surface area contributed by atoms with E-state index in [2.05, 4.69) is 0 Å². The third-order valence-electron chi connectivity index (χ3n) is 3.69. The molecule has 7 nitrogen and oxygen atoms in total. The summed E-state index contributed by atoms with van der Waals surface area (Å²) in [6.07, 6.45) is 0. The maximum atomic E-state index is 12.7. The van der Waals surface area contributed by atoms with Gasteiger partial charge in [0.1, 0.15) is 0 Å². The Labute approximate surface area is 131 Å². The average Bonchev–Trinajstić information content (AvgIpc) is 2.47. The Kier molecular flexibility index (Phi) is 3.19. The number of nitro benzene ring substituents is 1. The van der Waals surface area contributed by atoms with E-state index in [1.54, 1.807) is 32.0 Å². The molecule has 2 N–H and O–H groups in total. The van der Waals surface area contributed by atoms with Crippen LogP contribution in [0.1, 0.15) is 34.6 Å². The number of hydrogen-bond acceptors (Lipinski definition) is 5. The Bertz CT molecular complexity index is 867. The molecule has 1 heterocycles. The van der Waals surface area contributed by atoms with Crippen LogP contribution in [0.4, 0.5) is 5.69 Å². The lowest BCUT2D eigenvalue weighted by molar-refractivity contribution is -0.384. The summed E-state index contributed by atoms with van der Waals surface area (Å²) >= 11 is 0. The number of benzene rings is 2. The van der Waals surface area contributed by atoms with Crippen LogP contribution < -0.4 is 5.73 Å². The summed E-state index contributed by atoms with van der Waals surface area (Å²) in [6.45, 7) is 3.44. The molecule has 0 saturated carbocycles. The average molecular weight is 313 g/mol. The first kappa shape index (κ1) is 15.1. The van der Waals surface area contributed by atoms with Gasteiger partial charge in [-0.05, 0) is 25.3 Å². The van der Waals surface area contributed by atoms with E-state index in [0.717, 1.165) is 4.90 Å². The minimum absolute atomic E-state index is 0.0309. The molecule has 0 radical (unpaired) electrons. The van der Waals surface area contributed by atoms with Crippen LogP contribution in [0.2, 0.25) is 0 Å². The van der Waals surface area contributed by atoms with Gasteiger partial charge in [0, 0.05) is 35.2 Å². The summed E-state index contributed by atoms with van der Waals surface area (Å²) in [6, 6.07) is 7.49. The maximum Gasteiger partial charge on any atom is 0.270 e. The maximum absolute atomic E-state index is 12.7. The zero-order valence-electron chi connectivity index (χ0n) is 12.7. The van der Waals surface area contributed by atoms with Gasteiger partial charge in [0.25, 0.3) is 17.5 Å². The highest BCUT2D eigenvalue weighted by molar-refractivity contribution is 6.25. The number of carbonyl (C=O) groups excluding carboxylic acids is 2. The largest absolute Gasteiger partial charge is 0.324 e.